The summed E-state index contributed by atoms with van der Waals surface area (Å²) >= 11 is 0. The molecule has 0 amide bonds. The van der Waals surface area contributed by atoms with E-state index in [9.17, 15) is 0 Å². The molecule has 28 heavy (non-hydrogen) atoms. The highest BCUT2D eigenvalue weighted by Gasteiger charge is 2.05. The van der Waals surface area contributed by atoms with Crippen molar-refractivity contribution in [3.63, 3.8) is 0 Å². The Labute approximate surface area is 173 Å². The second kappa shape index (κ2) is 9.72. The molecule has 0 saturated carbocycles. The molecule has 2 N–H and O–H groups in total. The van der Waals surface area contributed by atoms with Crippen molar-refractivity contribution in [2.75, 3.05) is 0 Å². The molecule has 0 saturated heterocycles. The monoisotopic (exact) mass is 393 g/mol. The lowest BCUT2D eigenvalue weighted by Crippen LogP contribution is -2.25. The number of aromatic amines is 1. The topological polar surface area (TPSA) is 40.7 Å². The van der Waals surface area contributed by atoms with Gasteiger partial charge in [-0.3, -0.25) is 4.98 Å². The number of fused-ring (bicyclic) bond motifs is 2. The summed E-state index contributed by atoms with van der Waals surface area (Å²) in [7, 11) is 0. The number of nitrogens with zero attached hydrogens (tertiary/aromatic N) is 1. The van der Waals surface area contributed by atoms with Crippen LogP contribution >= 0.6 is 12.4 Å². The SMILES string of the molecule is C[C@@H](CCCCc1c[nH]c2ccccc12)NCc1ccc2cnccc2c1.Cl. The Balaban J connectivity index is 0.00000225. The van der Waals surface area contributed by atoms with Gasteiger partial charge < -0.3 is 10.3 Å². The van der Waals surface area contributed by atoms with Gasteiger partial charge in [-0.25, -0.2) is 0 Å². The van der Waals surface area contributed by atoms with Gasteiger partial charge in [-0.2, -0.15) is 0 Å². The number of halogens is 1. The Morgan fingerprint density at radius 1 is 1.04 bits per heavy atom. The molecule has 4 aromatic rings. The van der Waals surface area contributed by atoms with Crippen molar-refractivity contribution in [1.29, 1.82) is 0 Å². The molecular weight excluding hydrogens is 366 g/mol. The smallest absolute Gasteiger partial charge is 0.0456 e. The van der Waals surface area contributed by atoms with Crippen LogP contribution in [0.15, 0.2) is 67.1 Å². The first-order valence-corrected chi connectivity index (χ1v) is 9.90. The van der Waals surface area contributed by atoms with E-state index in [4.69, 9.17) is 0 Å². The lowest BCUT2D eigenvalue weighted by Gasteiger charge is -2.14. The Bertz CT molecular complexity index is 1020. The first-order chi connectivity index (χ1) is 13.3. The molecule has 2 heterocycles. The van der Waals surface area contributed by atoms with E-state index in [-0.39, 0.29) is 12.4 Å². The van der Waals surface area contributed by atoms with Crippen LogP contribution in [0.1, 0.15) is 37.3 Å². The molecule has 2 aromatic heterocycles. The fourth-order valence-electron chi connectivity index (χ4n) is 3.74. The van der Waals surface area contributed by atoms with Crippen LogP contribution in [0.4, 0.5) is 0 Å². The quantitative estimate of drug-likeness (QED) is 0.359. The van der Waals surface area contributed by atoms with Gasteiger partial charge >= 0.3 is 0 Å². The predicted molar refractivity (Wildman–Crippen MR) is 121 cm³/mol. The highest BCUT2D eigenvalue weighted by Crippen LogP contribution is 2.20. The third kappa shape index (κ3) is 4.92. The average molecular weight is 394 g/mol. The fourth-order valence-corrected chi connectivity index (χ4v) is 3.74. The zero-order valence-electron chi connectivity index (χ0n) is 16.3. The van der Waals surface area contributed by atoms with Crippen molar-refractivity contribution in [2.45, 2.75) is 45.2 Å². The van der Waals surface area contributed by atoms with E-state index in [0.717, 1.165) is 13.0 Å². The minimum atomic E-state index is 0. The summed E-state index contributed by atoms with van der Waals surface area (Å²) in [5.74, 6) is 0. The predicted octanol–water partition coefficient (Wildman–Crippen LogP) is 6.03. The highest BCUT2D eigenvalue weighted by molar-refractivity contribution is 5.85. The average Bonchev–Trinajstić information content (AvgIpc) is 3.13. The summed E-state index contributed by atoms with van der Waals surface area (Å²) in [6.45, 7) is 3.21. The lowest BCUT2D eigenvalue weighted by atomic mass is 10.0. The lowest BCUT2D eigenvalue weighted by molar-refractivity contribution is 0.489. The number of pyridine rings is 1. The summed E-state index contributed by atoms with van der Waals surface area (Å²) in [5.41, 5.74) is 4.02. The molecule has 0 aliphatic carbocycles. The van der Waals surface area contributed by atoms with Crippen molar-refractivity contribution >= 4 is 34.1 Å². The van der Waals surface area contributed by atoms with Crippen LogP contribution in [-0.4, -0.2) is 16.0 Å². The van der Waals surface area contributed by atoms with Gasteiger partial charge in [0.25, 0.3) is 0 Å². The van der Waals surface area contributed by atoms with Gasteiger partial charge in [-0.15, -0.1) is 12.4 Å². The second-order valence-corrected chi connectivity index (χ2v) is 7.44. The molecule has 0 aliphatic heterocycles. The molecule has 0 fully saturated rings. The van der Waals surface area contributed by atoms with Gasteiger partial charge in [0.1, 0.15) is 0 Å². The van der Waals surface area contributed by atoms with E-state index < -0.39 is 0 Å². The maximum Gasteiger partial charge on any atom is 0.0456 e. The summed E-state index contributed by atoms with van der Waals surface area (Å²) in [6.07, 6.45) is 10.8. The maximum absolute atomic E-state index is 4.18. The number of hydrogen-bond donors (Lipinski definition) is 2. The third-order valence-corrected chi connectivity index (χ3v) is 5.37. The van der Waals surface area contributed by atoms with Gasteiger partial charge in [-0.1, -0.05) is 36.8 Å². The minimum Gasteiger partial charge on any atom is -0.361 e. The van der Waals surface area contributed by atoms with E-state index in [1.807, 2.05) is 12.4 Å². The molecule has 0 radical (unpaired) electrons. The molecule has 4 rings (SSSR count). The number of aryl methyl sites for hydroxylation is 1. The van der Waals surface area contributed by atoms with Crippen LogP contribution in [0.2, 0.25) is 0 Å². The number of rotatable bonds is 8. The Morgan fingerprint density at radius 3 is 2.86 bits per heavy atom. The van der Waals surface area contributed by atoms with Crippen molar-refractivity contribution in [1.82, 2.24) is 15.3 Å². The second-order valence-electron chi connectivity index (χ2n) is 7.44. The summed E-state index contributed by atoms with van der Waals surface area (Å²) < 4.78 is 0. The van der Waals surface area contributed by atoms with Crippen LogP contribution in [0.25, 0.3) is 21.7 Å². The first-order valence-electron chi connectivity index (χ1n) is 9.90. The van der Waals surface area contributed by atoms with Crippen molar-refractivity contribution in [3.8, 4) is 0 Å². The van der Waals surface area contributed by atoms with E-state index in [1.54, 1.807) is 0 Å². The van der Waals surface area contributed by atoms with E-state index >= 15 is 0 Å². The molecule has 0 bridgehead atoms. The molecule has 1 atom stereocenters. The normalized spacial score (nSPS) is 12.2. The maximum atomic E-state index is 4.18. The Morgan fingerprint density at radius 2 is 1.93 bits per heavy atom. The Kier molecular flexibility index (Phi) is 7.07. The van der Waals surface area contributed by atoms with Crippen LogP contribution in [0.5, 0.6) is 0 Å². The largest absolute Gasteiger partial charge is 0.361 e. The van der Waals surface area contributed by atoms with Gasteiger partial charge in [-0.05, 0) is 60.9 Å². The number of para-hydroxylation sites is 1. The third-order valence-electron chi connectivity index (χ3n) is 5.37. The first kappa shape index (κ1) is 20.4. The molecule has 146 valence electrons. The van der Waals surface area contributed by atoms with Crippen molar-refractivity contribution < 1.29 is 0 Å². The van der Waals surface area contributed by atoms with Gasteiger partial charge in [0, 0.05) is 47.5 Å². The van der Waals surface area contributed by atoms with Crippen molar-refractivity contribution in [2.24, 2.45) is 0 Å². The van der Waals surface area contributed by atoms with Crippen LogP contribution in [-0.2, 0) is 13.0 Å². The molecule has 0 unspecified atom stereocenters. The number of H-pyrrole nitrogens is 1. The molecule has 4 heteroatoms. The number of unbranched alkanes of at least 4 members (excludes halogenated alkanes) is 1. The fraction of sp³-hybridized carbons (Fsp3) is 0.292. The molecule has 0 spiro atoms. The van der Waals surface area contributed by atoms with E-state index in [1.165, 1.54) is 52.1 Å². The summed E-state index contributed by atoms with van der Waals surface area (Å²) in [6, 6.07) is 17.8. The standard InChI is InChI=1S/C24H27N3.ClH/c1-18(26-15-19-10-11-21-16-25-13-12-20(21)14-19)6-2-3-7-22-17-27-24-9-5-4-8-23(22)24;/h4-5,8-14,16-18,26-27H,2-3,6-7,15H2,1H3;1H/t18-;/m0./s1. The minimum absolute atomic E-state index is 0. The van der Waals surface area contributed by atoms with Crippen LogP contribution in [0, 0.1) is 0 Å². The zero-order chi connectivity index (χ0) is 18.5. The number of aromatic nitrogens is 2. The molecule has 2 aromatic carbocycles. The summed E-state index contributed by atoms with van der Waals surface area (Å²) in [4.78, 5) is 7.55. The zero-order valence-corrected chi connectivity index (χ0v) is 17.1. The van der Waals surface area contributed by atoms with E-state index in [0.29, 0.717) is 6.04 Å². The van der Waals surface area contributed by atoms with Crippen LogP contribution in [0.3, 0.4) is 0 Å². The van der Waals surface area contributed by atoms with E-state index in [2.05, 4.69) is 76.9 Å². The molecule has 3 nitrogen and oxygen atoms in total. The number of nitrogens with one attached hydrogen (secondary N) is 2. The number of benzene rings is 2. The summed E-state index contributed by atoms with van der Waals surface area (Å²) in [5, 5.41) is 7.50. The van der Waals surface area contributed by atoms with Crippen molar-refractivity contribution in [3.05, 3.63) is 78.2 Å². The number of hydrogen-bond acceptors (Lipinski definition) is 2. The van der Waals surface area contributed by atoms with Gasteiger partial charge in [0.15, 0.2) is 0 Å². The van der Waals surface area contributed by atoms with Gasteiger partial charge in [0.05, 0.1) is 0 Å². The highest BCUT2D eigenvalue weighted by atomic mass is 35.5. The molecular formula is C24H28ClN3. The van der Waals surface area contributed by atoms with Gasteiger partial charge in [0.2, 0.25) is 0 Å². The molecule has 0 aliphatic rings. The Hall–Kier alpha value is -2.36. The van der Waals surface area contributed by atoms with Crippen LogP contribution < -0.4 is 5.32 Å².